The Balaban J connectivity index is 1.60. The first kappa shape index (κ1) is 24.6. The second-order valence-electron chi connectivity index (χ2n) is 7.49. The van der Waals surface area contributed by atoms with Crippen LogP contribution in [-0.4, -0.2) is 46.3 Å². The van der Waals surface area contributed by atoms with Crippen LogP contribution in [0.5, 0.6) is 5.75 Å². The molecule has 0 saturated heterocycles. The third-order valence-corrected chi connectivity index (χ3v) is 5.15. The Morgan fingerprint density at radius 2 is 1.88 bits per heavy atom. The first-order valence-electron chi connectivity index (χ1n) is 9.97. The van der Waals surface area contributed by atoms with Gasteiger partial charge in [-0.3, -0.25) is 19.2 Å². The summed E-state index contributed by atoms with van der Waals surface area (Å²) in [5.74, 6) is -3.27. The van der Waals surface area contributed by atoms with Gasteiger partial charge in [0.15, 0.2) is 6.61 Å². The number of amides is 3. The number of primary amides is 1. The van der Waals surface area contributed by atoms with Gasteiger partial charge in [0.05, 0.1) is 12.0 Å². The Bertz CT molecular complexity index is 1140. The topological polar surface area (TPSA) is 139 Å². The number of carbonyl (C=O) groups is 4. The highest BCUT2D eigenvalue weighted by atomic mass is 19.4. The molecule has 0 aromatic heterocycles. The van der Waals surface area contributed by atoms with E-state index in [1.54, 1.807) is 0 Å². The summed E-state index contributed by atoms with van der Waals surface area (Å²) in [6.45, 7) is -0.913. The van der Waals surface area contributed by atoms with Gasteiger partial charge in [0.25, 0.3) is 11.8 Å². The van der Waals surface area contributed by atoms with E-state index in [9.17, 15) is 32.3 Å². The zero-order chi connectivity index (χ0) is 25.0. The molecule has 4 N–H and O–H groups in total. The molecule has 0 bridgehead atoms. The number of carboxylic acids is 1. The van der Waals surface area contributed by atoms with Crippen LogP contribution in [0.1, 0.15) is 33.5 Å². The number of nitrogens with zero attached hydrogens (tertiary/aromatic N) is 1. The van der Waals surface area contributed by atoms with Crippen LogP contribution in [-0.2, 0) is 33.6 Å². The fourth-order valence-corrected chi connectivity index (χ4v) is 3.54. The summed E-state index contributed by atoms with van der Waals surface area (Å²) in [5.41, 5.74) is 4.99. The minimum atomic E-state index is -4.55. The Hall–Kier alpha value is -4.09. The molecular formula is C22H20F3N3O6. The van der Waals surface area contributed by atoms with Gasteiger partial charge in [-0.15, -0.1) is 0 Å². The number of nitrogens with two attached hydrogens (primary N) is 1. The van der Waals surface area contributed by atoms with Gasteiger partial charge in [-0.25, -0.2) is 0 Å². The van der Waals surface area contributed by atoms with Crippen LogP contribution < -0.4 is 15.8 Å². The largest absolute Gasteiger partial charge is 0.484 e. The quantitative estimate of drug-likeness (QED) is 0.500. The van der Waals surface area contributed by atoms with Crippen LogP contribution in [0.15, 0.2) is 42.5 Å². The zero-order valence-electron chi connectivity index (χ0n) is 17.6. The molecular weight excluding hydrogens is 459 g/mol. The molecule has 1 aliphatic heterocycles. The van der Waals surface area contributed by atoms with Crippen molar-refractivity contribution in [2.45, 2.75) is 31.7 Å². The maximum atomic E-state index is 13.0. The number of hydrogen-bond acceptors (Lipinski definition) is 5. The Labute approximate surface area is 191 Å². The molecule has 3 amide bonds. The number of halogens is 3. The number of carbonyl (C=O) groups excluding carboxylic acids is 3. The minimum Gasteiger partial charge on any atom is -0.484 e. The van der Waals surface area contributed by atoms with E-state index in [0.29, 0.717) is 5.56 Å². The third kappa shape index (κ3) is 5.63. The molecule has 1 unspecified atom stereocenters. The lowest BCUT2D eigenvalue weighted by Gasteiger charge is -2.23. The Kier molecular flexibility index (Phi) is 7.08. The predicted octanol–water partition coefficient (Wildman–Crippen LogP) is 1.69. The number of ether oxygens (including phenoxy) is 1. The molecule has 1 aliphatic rings. The van der Waals surface area contributed by atoms with Crippen molar-refractivity contribution in [3.8, 4) is 5.75 Å². The van der Waals surface area contributed by atoms with Gasteiger partial charge >= 0.3 is 12.1 Å². The van der Waals surface area contributed by atoms with Gasteiger partial charge in [0, 0.05) is 18.7 Å². The van der Waals surface area contributed by atoms with E-state index in [2.05, 4.69) is 5.32 Å². The van der Waals surface area contributed by atoms with Crippen molar-refractivity contribution in [1.82, 2.24) is 10.2 Å². The van der Waals surface area contributed by atoms with Crippen molar-refractivity contribution in [3.63, 3.8) is 0 Å². The lowest BCUT2D eigenvalue weighted by molar-refractivity contribution is -0.140. The van der Waals surface area contributed by atoms with E-state index in [1.807, 2.05) is 0 Å². The molecule has 0 saturated carbocycles. The molecule has 0 aliphatic carbocycles. The maximum Gasteiger partial charge on any atom is 0.416 e. The number of hydrogen-bond donors (Lipinski definition) is 3. The first-order valence-corrected chi connectivity index (χ1v) is 9.97. The van der Waals surface area contributed by atoms with E-state index >= 15 is 0 Å². The van der Waals surface area contributed by atoms with E-state index in [-0.39, 0.29) is 30.0 Å². The predicted molar refractivity (Wildman–Crippen MR) is 110 cm³/mol. The van der Waals surface area contributed by atoms with Gasteiger partial charge in [-0.2, -0.15) is 13.2 Å². The van der Waals surface area contributed by atoms with Crippen LogP contribution in [0.25, 0.3) is 0 Å². The van der Waals surface area contributed by atoms with Crippen LogP contribution in [0.2, 0.25) is 0 Å². The number of aliphatic carboxylic acids is 1. The molecule has 1 atom stereocenters. The van der Waals surface area contributed by atoms with Crippen molar-refractivity contribution in [2.75, 3.05) is 6.61 Å². The van der Waals surface area contributed by atoms with Gasteiger partial charge < -0.3 is 25.8 Å². The summed E-state index contributed by atoms with van der Waals surface area (Å²) < 4.78 is 44.5. The molecule has 0 spiro atoms. The summed E-state index contributed by atoms with van der Waals surface area (Å²) in [6.07, 6.45) is -5.19. The lowest BCUT2D eigenvalue weighted by Crippen LogP contribution is -2.46. The molecule has 9 nitrogen and oxygen atoms in total. The van der Waals surface area contributed by atoms with Crippen LogP contribution in [0.3, 0.4) is 0 Å². The molecule has 2 aromatic rings. The molecule has 0 fully saturated rings. The van der Waals surface area contributed by atoms with E-state index in [0.717, 1.165) is 11.0 Å². The summed E-state index contributed by atoms with van der Waals surface area (Å²) in [4.78, 5) is 48.3. The fraction of sp³-hybridized carbons (Fsp3) is 0.273. The summed E-state index contributed by atoms with van der Waals surface area (Å²) in [5, 5.41) is 11.3. The van der Waals surface area contributed by atoms with Gasteiger partial charge in [-0.05, 0) is 35.4 Å². The highest BCUT2D eigenvalue weighted by Gasteiger charge is 2.37. The van der Waals surface area contributed by atoms with Crippen LogP contribution >= 0.6 is 0 Å². The summed E-state index contributed by atoms with van der Waals surface area (Å²) in [6, 6.07) is 7.81. The number of benzene rings is 2. The monoisotopic (exact) mass is 479 g/mol. The van der Waals surface area contributed by atoms with Gasteiger partial charge in [-0.1, -0.05) is 18.2 Å². The minimum absolute atomic E-state index is 0.0767. The Morgan fingerprint density at radius 1 is 1.18 bits per heavy atom. The molecule has 0 radical (unpaired) electrons. The summed E-state index contributed by atoms with van der Waals surface area (Å²) in [7, 11) is 0. The van der Waals surface area contributed by atoms with Crippen molar-refractivity contribution in [3.05, 3.63) is 64.7 Å². The van der Waals surface area contributed by atoms with Crippen molar-refractivity contribution in [1.29, 1.82) is 0 Å². The van der Waals surface area contributed by atoms with E-state index in [1.165, 1.54) is 36.4 Å². The second kappa shape index (κ2) is 9.81. The molecule has 180 valence electrons. The number of carboxylic acid groups (broad SMARTS) is 1. The standard InChI is InChI=1S/C22H20F3N3O6/c23-22(24,25)16-4-2-1-3-12(16)9-27-18(29)11-34-14-5-6-15-13(7-14)10-28(21(15)33)17(20(26)32)8-19(30)31/h1-7,17H,8-11H2,(H2,26,32)(H,27,29)(H,30,31). The number of nitrogens with one attached hydrogen (secondary N) is 1. The molecule has 1 heterocycles. The zero-order valence-corrected chi connectivity index (χ0v) is 17.6. The first-order chi connectivity index (χ1) is 16.0. The molecule has 34 heavy (non-hydrogen) atoms. The molecule has 2 aromatic carbocycles. The smallest absolute Gasteiger partial charge is 0.416 e. The van der Waals surface area contributed by atoms with E-state index < -0.39 is 54.5 Å². The van der Waals surface area contributed by atoms with Crippen molar-refractivity contribution in [2.24, 2.45) is 5.73 Å². The van der Waals surface area contributed by atoms with E-state index in [4.69, 9.17) is 15.6 Å². The number of rotatable bonds is 9. The average Bonchev–Trinajstić information content (AvgIpc) is 3.09. The summed E-state index contributed by atoms with van der Waals surface area (Å²) >= 11 is 0. The average molecular weight is 479 g/mol. The van der Waals surface area contributed by atoms with Crippen LogP contribution in [0, 0.1) is 0 Å². The van der Waals surface area contributed by atoms with Crippen LogP contribution in [0.4, 0.5) is 13.2 Å². The number of alkyl halides is 3. The Morgan fingerprint density at radius 3 is 2.53 bits per heavy atom. The highest BCUT2D eigenvalue weighted by Crippen LogP contribution is 2.32. The highest BCUT2D eigenvalue weighted by molar-refractivity contribution is 6.01. The molecule has 3 rings (SSSR count). The lowest BCUT2D eigenvalue weighted by atomic mass is 10.1. The second-order valence-corrected chi connectivity index (χ2v) is 7.49. The fourth-order valence-electron chi connectivity index (χ4n) is 3.54. The van der Waals surface area contributed by atoms with Gasteiger partial charge in [0.1, 0.15) is 11.8 Å². The van der Waals surface area contributed by atoms with Gasteiger partial charge in [0.2, 0.25) is 5.91 Å². The van der Waals surface area contributed by atoms with Crippen molar-refractivity contribution >= 4 is 23.7 Å². The maximum absolute atomic E-state index is 13.0. The molecule has 12 heteroatoms. The SMILES string of the molecule is NC(=O)C(CC(=O)O)N1Cc2cc(OCC(=O)NCc3ccccc3C(F)(F)F)ccc2C1=O. The van der Waals surface area contributed by atoms with Crippen molar-refractivity contribution < 1.29 is 42.2 Å². The normalized spacial score (nSPS) is 13.9. The number of fused-ring (bicyclic) bond motifs is 1. The third-order valence-electron chi connectivity index (χ3n) is 5.15.